The van der Waals surface area contributed by atoms with Crippen molar-refractivity contribution in [3.63, 3.8) is 0 Å². The zero-order valence-electron chi connectivity index (χ0n) is 9.58. The van der Waals surface area contributed by atoms with Crippen molar-refractivity contribution in [2.24, 2.45) is 5.73 Å². The lowest BCUT2D eigenvalue weighted by Crippen LogP contribution is -2.45. The monoisotopic (exact) mass is 215 g/mol. The molecule has 0 aromatic rings. The van der Waals surface area contributed by atoms with E-state index in [4.69, 9.17) is 5.73 Å². The summed E-state index contributed by atoms with van der Waals surface area (Å²) < 4.78 is 13.9. The van der Waals surface area contributed by atoms with Gasteiger partial charge in [0.2, 0.25) is 0 Å². The molecule has 2 rings (SSSR count). The quantitative estimate of drug-likeness (QED) is 0.726. The van der Waals surface area contributed by atoms with Crippen LogP contribution in [-0.2, 0) is 0 Å². The van der Waals surface area contributed by atoms with Gasteiger partial charge in [0, 0.05) is 25.7 Å². The number of nitrogens with two attached hydrogens (primary N) is 1. The van der Waals surface area contributed by atoms with Gasteiger partial charge in [-0.2, -0.15) is 0 Å². The van der Waals surface area contributed by atoms with E-state index in [2.05, 4.69) is 16.8 Å². The standard InChI is InChI=1S/C11H22FN3/c1-14-5-2-10(3-6-14)15-7-4-11(12,8-13)9-15/h10H,2-9,13H2,1H3. The fourth-order valence-corrected chi connectivity index (χ4v) is 2.70. The van der Waals surface area contributed by atoms with E-state index in [1.807, 2.05) is 0 Å². The molecule has 1 unspecified atom stereocenters. The SMILES string of the molecule is CN1CCC(N2CCC(F)(CN)C2)CC1. The molecule has 2 heterocycles. The summed E-state index contributed by atoms with van der Waals surface area (Å²) in [7, 11) is 2.15. The van der Waals surface area contributed by atoms with Crippen LogP contribution in [-0.4, -0.2) is 61.3 Å². The highest BCUT2D eigenvalue weighted by atomic mass is 19.1. The molecule has 0 aliphatic carbocycles. The molecular weight excluding hydrogens is 193 g/mol. The number of rotatable bonds is 2. The Morgan fingerprint density at radius 2 is 2.00 bits per heavy atom. The molecule has 0 saturated carbocycles. The number of halogens is 1. The van der Waals surface area contributed by atoms with Gasteiger partial charge in [-0.1, -0.05) is 0 Å². The predicted molar refractivity (Wildman–Crippen MR) is 59.6 cm³/mol. The minimum absolute atomic E-state index is 0.177. The van der Waals surface area contributed by atoms with Crippen molar-refractivity contribution in [1.29, 1.82) is 0 Å². The molecule has 15 heavy (non-hydrogen) atoms. The van der Waals surface area contributed by atoms with E-state index in [0.29, 0.717) is 19.0 Å². The number of likely N-dealkylation sites (tertiary alicyclic amines) is 2. The summed E-state index contributed by atoms with van der Waals surface area (Å²) in [6.45, 7) is 3.90. The van der Waals surface area contributed by atoms with Gasteiger partial charge in [-0.25, -0.2) is 4.39 Å². The molecule has 0 bridgehead atoms. The van der Waals surface area contributed by atoms with Gasteiger partial charge in [-0.15, -0.1) is 0 Å². The van der Waals surface area contributed by atoms with Crippen molar-refractivity contribution < 1.29 is 4.39 Å². The molecule has 88 valence electrons. The number of piperidine rings is 1. The summed E-state index contributed by atoms with van der Waals surface area (Å²) in [6.07, 6.45) is 2.98. The maximum absolute atomic E-state index is 13.9. The highest BCUT2D eigenvalue weighted by Gasteiger charge is 2.39. The van der Waals surface area contributed by atoms with Crippen LogP contribution < -0.4 is 5.73 Å². The summed E-state index contributed by atoms with van der Waals surface area (Å²) >= 11 is 0. The van der Waals surface area contributed by atoms with Gasteiger partial charge in [0.25, 0.3) is 0 Å². The lowest BCUT2D eigenvalue weighted by Gasteiger charge is -2.35. The van der Waals surface area contributed by atoms with Gasteiger partial charge in [-0.05, 0) is 39.4 Å². The maximum atomic E-state index is 13.9. The molecule has 1 atom stereocenters. The van der Waals surface area contributed by atoms with Gasteiger partial charge < -0.3 is 10.6 Å². The smallest absolute Gasteiger partial charge is 0.137 e. The Morgan fingerprint density at radius 1 is 1.33 bits per heavy atom. The van der Waals surface area contributed by atoms with Gasteiger partial charge in [0.05, 0.1) is 0 Å². The van der Waals surface area contributed by atoms with Crippen molar-refractivity contribution in [1.82, 2.24) is 9.80 Å². The minimum atomic E-state index is -1.11. The molecule has 4 heteroatoms. The van der Waals surface area contributed by atoms with Crippen LogP contribution in [0.15, 0.2) is 0 Å². The number of hydrogen-bond donors (Lipinski definition) is 1. The van der Waals surface area contributed by atoms with E-state index < -0.39 is 5.67 Å². The second-order valence-electron chi connectivity index (χ2n) is 5.11. The van der Waals surface area contributed by atoms with Crippen LogP contribution in [0, 0.1) is 0 Å². The van der Waals surface area contributed by atoms with Crippen LogP contribution >= 0.6 is 0 Å². The molecule has 0 radical (unpaired) electrons. The van der Waals surface area contributed by atoms with Crippen molar-refractivity contribution in [2.75, 3.05) is 39.8 Å². The molecule has 2 saturated heterocycles. The van der Waals surface area contributed by atoms with E-state index in [0.717, 1.165) is 19.6 Å². The first-order valence-corrected chi connectivity index (χ1v) is 5.94. The van der Waals surface area contributed by atoms with E-state index in [9.17, 15) is 4.39 Å². The van der Waals surface area contributed by atoms with Crippen molar-refractivity contribution in [3.05, 3.63) is 0 Å². The van der Waals surface area contributed by atoms with Crippen LogP contribution in [0.5, 0.6) is 0 Å². The van der Waals surface area contributed by atoms with Crippen LogP contribution in [0.4, 0.5) is 4.39 Å². The van der Waals surface area contributed by atoms with Crippen LogP contribution in [0.1, 0.15) is 19.3 Å². The highest BCUT2D eigenvalue weighted by molar-refractivity contribution is 4.94. The fraction of sp³-hybridized carbons (Fsp3) is 1.00. The van der Waals surface area contributed by atoms with E-state index >= 15 is 0 Å². The van der Waals surface area contributed by atoms with Crippen molar-refractivity contribution in [3.8, 4) is 0 Å². The average molecular weight is 215 g/mol. The lowest BCUT2D eigenvalue weighted by atomic mass is 10.0. The topological polar surface area (TPSA) is 32.5 Å². The summed E-state index contributed by atoms with van der Waals surface area (Å²) in [5.74, 6) is 0. The Kier molecular flexibility index (Phi) is 3.28. The Labute approximate surface area is 91.4 Å². The Balaban J connectivity index is 1.86. The van der Waals surface area contributed by atoms with Crippen LogP contribution in [0.25, 0.3) is 0 Å². The predicted octanol–water partition coefficient (Wildman–Crippen LogP) is 0.453. The van der Waals surface area contributed by atoms with Gasteiger partial charge in [-0.3, -0.25) is 4.90 Å². The first-order valence-electron chi connectivity index (χ1n) is 5.94. The molecule has 0 amide bonds. The second-order valence-corrected chi connectivity index (χ2v) is 5.11. The highest BCUT2D eigenvalue weighted by Crippen LogP contribution is 2.28. The Morgan fingerprint density at radius 3 is 2.53 bits per heavy atom. The molecule has 0 aromatic heterocycles. The number of nitrogens with zero attached hydrogens (tertiary/aromatic N) is 2. The van der Waals surface area contributed by atoms with E-state index in [1.54, 1.807) is 0 Å². The Hall–Kier alpha value is -0.190. The third-order valence-electron chi connectivity index (χ3n) is 3.90. The van der Waals surface area contributed by atoms with E-state index in [1.165, 1.54) is 12.8 Å². The summed E-state index contributed by atoms with van der Waals surface area (Å²) in [5, 5.41) is 0. The first-order chi connectivity index (χ1) is 7.13. The van der Waals surface area contributed by atoms with E-state index in [-0.39, 0.29) is 6.54 Å². The fourth-order valence-electron chi connectivity index (χ4n) is 2.70. The third-order valence-corrected chi connectivity index (χ3v) is 3.90. The van der Waals surface area contributed by atoms with Crippen molar-refractivity contribution in [2.45, 2.75) is 31.0 Å². The number of hydrogen-bond acceptors (Lipinski definition) is 3. The van der Waals surface area contributed by atoms with Gasteiger partial charge >= 0.3 is 0 Å². The molecular formula is C11H22FN3. The van der Waals surface area contributed by atoms with Crippen molar-refractivity contribution >= 4 is 0 Å². The molecule has 2 aliphatic heterocycles. The summed E-state index contributed by atoms with van der Waals surface area (Å²) in [5.41, 5.74) is 4.36. The zero-order chi connectivity index (χ0) is 10.9. The molecule has 3 nitrogen and oxygen atoms in total. The second kappa shape index (κ2) is 4.36. The molecule has 0 spiro atoms. The normalized spacial score (nSPS) is 36.2. The zero-order valence-corrected chi connectivity index (χ0v) is 9.58. The third kappa shape index (κ3) is 2.49. The number of alkyl halides is 1. The lowest BCUT2D eigenvalue weighted by molar-refractivity contribution is 0.114. The molecule has 2 N–H and O–H groups in total. The summed E-state index contributed by atoms with van der Waals surface area (Å²) in [4.78, 5) is 4.65. The van der Waals surface area contributed by atoms with Crippen LogP contribution in [0.3, 0.4) is 0 Å². The Bertz CT molecular complexity index is 216. The van der Waals surface area contributed by atoms with Gasteiger partial charge in [0.1, 0.15) is 5.67 Å². The molecule has 2 aliphatic rings. The first kappa shape index (κ1) is 11.3. The average Bonchev–Trinajstić information content (AvgIpc) is 2.63. The largest absolute Gasteiger partial charge is 0.327 e. The van der Waals surface area contributed by atoms with Crippen LogP contribution in [0.2, 0.25) is 0 Å². The maximum Gasteiger partial charge on any atom is 0.137 e. The minimum Gasteiger partial charge on any atom is -0.327 e. The summed E-state index contributed by atoms with van der Waals surface area (Å²) in [6, 6.07) is 0.588. The molecule has 0 aromatic carbocycles. The molecule has 2 fully saturated rings. The van der Waals surface area contributed by atoms with Gasteiger partial charge in [0.15, 0.2) is 0 Å².